The lowest BCUT2D eigenvalue weighted by molar-refractivity contribution is -0.138. The zero-order valence-corrected chi connectivity index (χ0v) is 13.7. The number of carbonyl (C=O) groups excluding carboxylic acids is 2. The summed E-state index contributed by atoms with van der Waals surface area (Å²) >= 11 is 0. The number of carboxylic acid groups (broad SMARTS) is 1. The van der Waals surface area contributed by atoms with E-state index in [-0.39, 0.29) is 13.0 Å². The number of aromatic nitrogens is 2. The van der Waals surface area contributed by atoms with Crippen LogP contribution in [-0.4, -0.2) is 58.5 Å². The van der Waals surface area contributed by atoms with Crippen molar-refractivity contribution in [3.8, 4) is 0 Å². The van der Waals surface area contributed by atoms with E-state index in [4.69, 9.17) is 16.6 Å². The summed E-state index contributed by atoms with van der Waals surface area (Å²) in [6, 6.07) is -0.907. The third kappa shape index (κ3) is 10.3. The Morgan fingerprint density at radius 3 is 2.50 bits per heavy atom. The Labute approximate surface area is 140 Å². The number of unbranched alkanes of at least 4 members (excludes halogenated alkanes) is 1. The number of hydrogen-bond acceptors (Lipinski definition) is 6. The van der Waals surface area contributed by atoms with Crippen LogP contribution < -0.4 is 22.1 Å². The van der Waals surface area contributed by atoms with Crippen molar-refractivity contribution < 1.29 is 19.5 Å². The van der Waals surface area contributed by atoms with Gasteiger partial charge in [0.2, 0.25) is 11.8 Å². The molecule has 10 heteroatoms. The van der Waals surface area contributed by atoms with Crippen molar-refractivity contribution >= 4 is 17.8 Å². The summed E-state index contributed by atoms with van der Waals surface area (Å²) in [6.07, 6.45) is 5.49. The third-order valence-corrected chi connectivity index (χ3v) is 2.79. The van der Waals surface area contributed by atoms with Crippen molar-refractivity contribution in [3.63, 3.8) is 0 Å². The molecule has 136 valence electrons. The molecule has 0 aromatic carbocycles. The van der Waals surface area contributed by atoms with Gasteiger partial charge in [-0.15, -0.1) is 0 Å². The van der Waals surface area contributed by atoms with E-state index in [2.05, 4.69) is 27.5 Å². The molecule has 8 N–H and O–H groups in total. The van der Waals surface area contributed by atoms with Crippen molar-refractivity contribution in [1.82, 2.24) is 20.6 Å². The lowest BCUT2D eigenvalue weighted by Crippen LogP contribution is -2.50. The van der Waals surface area contributed by atoms with E-state index in [9.17, 15) is 14.4 Å². The van der Waals surface area contributed by atoms with Crippen LogP contribution >= 0.6 is 0 Å². The molecule has 0 saturated heterocycles. The molecule has 1 aromatic heterocycles. The first kappa shape index (κ1) is 21.5. The molecule has 0 aliphatic carbocycles. The van der Waals surface area contributed by atoms with E-state index in [1.54, 1.807) is 0 Å². The number of nitrogens with one attached hydrogen (secondary N) is 3. The summed E-state index contributed by atoms with van der Waals surface area (Å²) in [5, 5.41) is 13.1. The van der Waals surface area contributed by atoms with Crippen LogP contribution in [0.1, 0.15) is 25.5 Å². The number of nitrogens with two attached hydrogens (primary N) is 2. The number of hydrogen-bond donors (Lipinski definition) is 6. The standard InChI is InChI=1S/C10H15N5O4.C4H11N/c11-2-8(16)15-7(1-6-3-12-5-14-6)10(19)13-4-9(17)18;1-2-3-4-5/h3,5,7H,1-2,4,11H2,(H,12,14)(H,13,19)(H,15,16)(H,17,18);2-5H2,1H3. The molecule has 1 aromatic rings. The molecular weight excluding hydrogens is 316 g/mol. The van der Waals surface area contributed by atoms with Gasteiger partial charge in [-0.1, -0.05) is 13.3 Å². The normalized spacial score (nSPS) is 11.0. The van der Waals surface area contributed by atoms with Gasteiger partial charge in [0.15, 0.2) is 0 Å². The zero-order chi connectivity index (χ0) is 18.4. The maximum Gasteiger partial charge on any atom is 0.322 e. The van der Waals surface area contributed by atoms with Crippen LogP contribution in [0, 0.1) is 0 Å². The van der Waals surface area contributed by atoms with Crippen LogP contribution in [0.5, 0.6) is 0 Å². The van der Waals surface area contributed by atoms with Crippen LogP contribution in [0.4, 0.5) is 0 Å². The van der Waals surface area contributed by atoms with E-state index in [1.165, 1.54) is 25.4 Å². The second-order valence-corrected chi connectivity index (χ2v) is 4.86. The SMILES string of the molecule is CCCCN.NCC(=O)NC(Cc1cnc[nH]1)C(=O)NCC(=O)O. The number of carboxylic acids is 1. The molecule has 1 atom stereocenters. The molecule has 1 rings (SSSR count). The average molecular weight is 342 g/mol. The Bertz CT molecular complexity index is 489. The molecule has 24 heavy (non-hydrogen) atoms. The number of imidazole rings is 1. The molecule has 0 fully saturated rings. The van der Waals surface area contributed by atoms with Gasteiger partial charge in [-0.3, -0.25) is 14.4 Å². The number of aliphatic carboxylic acids is 1. The number of amides is 2. The zero-order valence-electron chi connectivity index (χ0n) is 13.7. The first-order valence-electron chi connectivity index (χ1n) is 7.60. The minimum atomic E-state index is -1.17. The third-order valence-electron chi connectivity index (χ3n) is 2.79. The molecule has 0 bridgehead atoms. The van der Waals surface area contributed by atoms with Gasteiger partial charge >= 0.3 is 5.97 Å². The fourth-order valence-electron chi connectivity index (χ4n) is 1.57. The molecule has 1 heterocycles. The molecular formula is C14H26N6O4. The number of H-pyrrole nitrogens is 1. The van der Waals surface area contributed by atoms with Crippen molar-refractivity contribution in [1.29, 1.82) is 0 Å². The van der Waals surface area contributed by atoms with Crippen molar-refractivity contribution in [2.24, 2.45) is 11.5 Å². The summed E-state index contributed by atoms with van der Waals surface area (Å²) in [5.41, 5.74) is 10.9. The second kappa shape index (κ2) is 13.0. The van der Waals surface area contributed by atoms with E-state index >= 15 is 0 Å². The van der Waals surface area contributed by atoms with Gasteiger partial charge in [0.05, 0.1) is 12.9 Å². The Hall–Kier alpha value is -2.46. The Kier molecular flexibility index (Phi) is 11.7. The maximum atomic E-state index is 11.8. The van der Waals surface area contributed by atoms with Crippen LogP contribution in [0.2, 0.25) is 0 Å². The highest BCUT2D eigenvalue weighted by Crippen LogP contribution is 1.98. The van der Waals surface area contributed by atoms with Crippen LogP contribution in [0.3, 0.4) is 0 Å². The molecule has 0 aliphatic rings. The Balaban J connectivity index is 0.000000922. The van der Waals surface area contributed by atoms with Crippen LogP contribution in [0.25, 0.3) is 0 Å². The highest BCUT2D eigenvalue weighted by molar-refractivity contribution is 5.90. The predicted octanol–water partition coefficient (Wildman–Crippen LogP) is -1.66. The lowest BCUT2D eigenvalue weighted by atomic mass is 10.1. The highest BCUT2D eigenvalue weighted by atomic mass is 16.4. The minimum absolute atomic E-state index is 0.164. The Morgan fingerprint density at radius 2 is 2.08 bits per heavy atom. The number of aromatic amines is 1. The number of rotatable bonds is 9. The van der Waals surface area contributed by atoms with Crippen molar-refractivity contribution in [2.75, 3.05) is 19.6 Å². The minimum Gasteiger partial charge on any atom is -0.480 e. The highest BCUT2D eigenvalue weighted by Gasteiger charge is 2.21. The summed E-state index contributed by atoms with van der Waals surface area (Å²) in [4.78, 5) is 40.0. The smallest absolute Gasteiger partial charge is 0.322 e. The lowest BCUT2D eigenvalue weighted by Gasteiger charge is -2.16. The van der Waals surface area contributed by atoms with Gasteiger partial charge in [0.1, 0.15) is 12.6 Å². The second-order valence-electron chi connectivity index (χ2n) is 4.86. The molecule has 1 unspecified atom stereocenters. The van der Waals surface area contributed by atoms with Crippen molar-refractivity contribution in [3.05, 3.63) is 18.2 Å². The van der Waals surface area contributed by atoms with Gasteiger partial charge in [0, 0.05) is 18.3 Å². The monoisotopic (exact) mass is 342 g/mol. The molecule has 10 nitrogen and oxygen atoms in total. The van der Waals surface area contributed by atoms with Gasteiger partial charge < -0.3 is 32.2 Å². The van der Waals surface area contributed by atoms with E-state index in [0.29, 0.717) is 5.69 Å². The topological polar surface area (TPSA) is 176 Å². The fraction of sp³-hybridized carbons (Fsp3) is 0.571. The first-order chi connectivity index (χ1) is 11.4. The fourth-order valence-corrected chi connectivity index (χ4v) is 1.57. The quantitative estimate of drug-likeness (QED) is 0.311. The largest absolute Gasteiger partial charge is 0.480 e. The van der Waals surface area contributed by atoms with E-state index in [1.807, 2.05) is 0 Å². The van der Waals surface area contributed by atoms with Crippen LogP contribution in [0.15, 0.2) is 12.5 Å². The molecule has 2 amide bonds. The van der Waals surface area contributed by atoms with Gasteiger partial charge in [-0.2, -0.15) is 0 Å². The Morgan fingerprint density at radius 1 is 1.38 bits per heavy atom. The molecule has 0 spiro atoms. The summed E-state index contributed by atoms with van der Waals surface area (Å²) in [7, 11) is 0. The van der Waals surface area contributed by atoms with Crippen LogP contribution in [-0.2, 0) is 20.8 Å². The summed E-state index contributed by atoms with van der Waals surface area (Å²) in [5.74, 6) is -2.27. The average Bonchev–Trinajstić information content (AvgIpc) is 3.06. The predicted molar refractivity (Wildman–Crippen MR) is 87.9 cm³/mol. The van der Waals surface area contributed by atoms with E-state index < -0.39 is 30.4 Å². The van der Waals surface area contributed by atoms with E-state index in [0.717, 1.165) is 6.54 Å². The molecule has 0 radical (unpaired) electrons. The number of carbonyl (C=O) groups is 3. The molecule has 0 saturated carbocycles. The molecule has 0 aliphatic heterocycles. The summed E-state index contributed by atoms with van der Waals surface area (Å²) in [6.45, 7) is 2.20. The number of nitrogens with zero attached hydrogens (tertiary/aromatic N) is 1. The van der Waals surface area contributed by atoms with Gasteiger partial charge in [-0.05, 0) is 13.0 Å². The first-order valence-corrected chi connectivity index (χ1v) is 7.60. The summed E-state index contributed by atoms with van der Waals surface area (Å²) < 4.78 is 0. The maximum absolute atomic E-state index is 11.8. The van der Waals surface area contributed by atoms with Gasteiger partial charge in [0.25, 0.3) is 0 Å². The van der Waals surface area contributed by atoms with Crippen molar-refractivity contribution in [2.45, 2.75) is 32.2 Å². The van der Waals surface area contributed by atoms with Gasteiger partial charge in [-0.25, -0.2) is 4.98 Å².